The highest BCUT2D eigenvalue weighted by molar-refractivity contribution is 6.30. The number of halogens is 1. The Hall–Kier alpha value is -3.30. The molecule has 0 fully saturated rings. The van der Waals surface area contributed by atoms with Gasteiger partial charge in [-0.25, -0.2) is 0 Å². The van der Waals surface area contributed by atoms with Crippen molar-refractivity contribution in [2.75, 3.05) is 5.32 Å². The summed E-state index contributed by atoms with van der Waals surface area (Å²) in [6.45, 7) is 3.44. The summed E-state index contributed by atoms with van der Waals surface area (Å²) in [5.74, 6) is 0.849. The molecule has 3 aromatic rings. The Labute approximate surface area is 154 Å². The van der Waals surface area contributed by atoms with Crippen LogP contribution in [0.25, 0.3) is 11.3 Å². The van der Waals surface area contributed by atoms with Crippen LogP contribution >= 0.6 is 11.6 Å². The van der Waals surface area contributed by atoms with Gasteiger partial charge >= 0.3 is 0 Å². The van der Waals surface area contributed by atoms with Crippen LogP contribution in [0, 0.1) is 25.2 Å². The summed E-state index contributed by atoms with van der Waals surface area (Å²) in [6.07, 6.45) is 1.29. The third-order valence-corrected chi connectivity index (χ3v) is 3.89. The Kier molecular flexibility index (Phi) is 4.92. The third-order valence-electron chi connectivity index (χ3n) is 3.64. The van der Waals surface area contributed by atoms with Gasteiger partial charge < -0.3 is 14.3 Å². The van der Waals surface area contributed by atoms with E-state index in [9.17, 15) is 10.1 Å². The maximum absolute atomic E-state index is 12.7. The van der Waals surface area contributed by atoms with E-state index in [0.29, 0.717) is 33.7 Å². The molecule has 1 aromatic carbocycles. The molecule has 130 valence electrons. The topological polar surface area (TPSA) is 92.1 Å². The second kappa shape index (κ2) is 7.30. The van der Waals surface area contributed by atoms with Crippen LogP contribution in [-0.4, -0.2) is 10.9 Å². The molecule has 0 unspecified atom stereocenters. The quantitative estimate of drug-likeness (QED) is 0.391. The van der Waals surface area contributed by atoms with Crippen molar-refractivity contribution >= 4 is 23.3 Å². The van der Waals surface area contributed by atoms with Gasteiger partial charge in [0.1, 0.15) is 23.2 Å². The Morgan fingerprint density at radius 2 is 2.00 bits per heavy atom. The minimum Gasteiger partial charge on any atom is -0.461 e. The fourth-order valence-electron chi connectivity index (χ4n) is 2.33. The molecule has 0 spiro atoms. The van der Waals surface area contributed by atoms with E-state index >= 15 is 0 Å². The van der Waals surface area contributed by atoms with Crippen molar-refractivity contribution in [1.82, 2.24) is 5.16 Å². The molecule has 0 radical (unpaired) electrons. The van der Waals surface area contributed by atoms with Gasteiger partial charge in [-0.05, 0) is 44.2 Å². The number of hydrogen-bond donors (Lipinski definition) is 1. The smallest absolute Gasteiger partial charge is 0.228 e. The molecule has 0 saturated heterocycles. The van der Waals surface area contributed by atoms with Crippen LogP contribution in [-0.2, 0) is 0 Å². The van der Waals surface area contributed by atoms with Gasteiger partial charge in [-0.2, -0.15) is 5.26 Å². The highest BCUT2D eigenvalue weighted by Gasteiger charge is 2.20. The predicted octanol–water partition coefficient (Wildman–Crippen LogP) is 4.91. The molecule has 26 heavy (non-hydrogen) atoms. The van der Waals surface area contributed by atoms with Crippen molar-refractivity contribution in [3.8, 4) is 17.4 Å². The first-order chi connectivity index (χ1) is 12.5. The Morgan fingerprint density at radius 3 is 2.62 bits per heavy atom. The van der Waals surface area contributed by atoms with Crippen molar-refractivity contribution in [1.29, 1.82) is 5.26 Å². The molecule has 6 nitrogen and oxygen atoms in total. The van der Waals surface area contributed by atoms with Crippen LogP contribution in [0.4, 0.5) is 5.88 Å². The van der Waals surface area contributed by atoms with E-state index in [1.165, 1.54) is 6.20 Å². The lowest BCUT2D eigenvalue weighted by Gasteiger charge is -1.98. The minimum atomic E-state index is -0.447. The highest BCUT2D eigenvalue weighted by atomic mass is 35.5. The van der Waals surface area contributed by atoms with E-state index in [2.05, 4.69) is 10.5 Å². The number of allylic oxidation sites excluding steroid dienone is 1. The normalized spacial score (nSPS) is 11.2. The Morgan fingerprint density at radius 1 is 1.27 bits per heavy atom. The van der Waals surface area contributed by atoms with Gasteiger partial charge in [0.05, 0.1) is 11.3 Å². The van der Waals surface area contributed by atoms with Gasteiger partial charge in [0.15, 0.2) is 0 Å². The van der Waals surface area contributed by atoms with Crippen LogP contribution < -0.4 is 5.32 Å². The number of aryl methyl sites for hydroxylation is 2. The van der Waals surface area contributed by atoms with Gasteiger partial charge in [0.25, 0.3) is 0 Å². The van der Waals surface area contributed by atoms with Crippen molar-refractivity contribution in [2.45, 2.75) is 13.8 Å². The molecule has 0 aliphatic carbocycles. The summed E-state index contributed by atoms with van der Waals surface area (Å²) in [5, 5.41) is 16.4. The standard InChI is InChI=1S/C19H14ClN3O3/c1-11-7-18(26-23-11)22-10-14(9-21)19(24)16-8-17(25-12(16)2)13-3-5-15(20)6-4-13/h3-8,10,22H,1-2H3/b14-10+. The van der Waals surface area contributed by atoms with Gasteiger partial charge in [-0.3, -0.25) is 4.79 Å². The Balaban J connectivity index is 1.86. The second-order valence-electron chi connectivity index (χ2n) is 5.56. The average molecular weight is 368 g/mol. The summed E-state index contributed by atoms with van der Waals surface area (Å²) >= 11 is 5.89. The van der Waals surface area contributed by atoms with Crippen LogP contribution in [0.15, 0.2) is 57.1 Å². The zero-order valence-electron chi connectivity index (χ0n) is 14.0. The molecule has 0 amide bonds. The first kappa shape index (κ1) is 17.5. The lowest BCUT2D eigenvalue weighted by atomic mass is 10.0. The summed E-state index contributed by atoms with van der Waals surface area (Å²) in [7, 11) is 0. The summed E-state index contributed by atoms with van der Waals surface area (Å²) in [4.78, 5) is 12.7. The van der Waals surface area contributed by atoms with Crippen molar-refractivity contribution < 1.29 is 13.7 Å². The zero-order valence-corrected chi connectivity index (χ0v) is 14.8. The SMILES string of the molecule is Cc1cc(N/C=C(\C#N)C(=O)c2cc(-c3ccc(Cl)cc3)oc2C)on1. The van der Waals surface area contributed by atoms with Crippen LogP contribution in [0.2, 0.25) is 5.02 Å². The average Bonchev–Trinajstić information content (AvgIpc) is 3.21. The maximum Gasteiger partial charge on any atom is 0.228 e. The number of carbonyl (C=O) groups excluding carboxylic acids is 1. The number of hydrogen-bond acceptors (Lipinski definition) is 6. The van der Waals surface area contributed by atoms with Gasteiger partial charge in [-0.1, -0.05) is 16.8 Å². The number of rotatable bonds is 5. The zero-order chi connectivity index (χ0) is 18.7. The van der Waals surface area contributed by atoms with E-state index in [4.69, 9.17) is 20.5 Å². The molecular formula is C19H14ClN3O3. The lowest BCUT2D eigenvalue weighted by molar-refractivity contribution is 0.103. The second-order valence-corrected chi connectivity index (χ2v) is 6.00. The van der Waals surface area contributed by atoms with Gasteiger partial charge in [-0.15, -0.1) is 0 Å². The number of anilines is 1. The van der Waals surface area contributed by atoms with E-state index in [1.807, 2.05) is 6.07 Å². The number of nitrogens with one attached hydrogen (secondary N) is 1. The largest absolute Gasteiger partial charge is 0.461 e. The predicted molar refractivity (Wildman–Crippen MR) is 96.8 cm³/mol. The lowest BCUT2D eigenvalue weighted by Crippen LogP contribution is -2.04. The molecule has 0 bridgehead atoms. The number of furan rings is 1. The molecule has 7 heteroatoms. The number of ketones is 1. The Bertz CT molecular complexity index is 1020. The molecule has 3 rings (SSSR count). The van der Waals surface area contributed by atoms with Crippen molar-refractivity contribution in [3.63, 3.8) is 0 Å². The third kappa shape index (κ3) is 3.68. The minimum absolute atomic E-state index is 0.0781. The number of nitriles is 1. The first-order valence-electron chi connectivity index (χ1n) is 7.69. The molecule has 0 aliphatic heterocycles. The summed E-state index contributed by atoms with van der Waals surface area (Å²) < 4.78 is 10.7. The number of aromatic nitrogens is 1. The molecule has 1 N–H and O–H groups in total. The summed E-state index contributed by atoms with van der Waals surface area (Å²) in [5.41, 5.74) is 1.71. The monoisotopic (exact) mass is 367 g/mol. The van der Waals surface area contributed by atoms with E-state index in [0.717, 1.165) is 5.56 Å². The first-order valence-corrected chi connectivity index (χ1v) is 8.07. The highest BCUT2D eigenvalue weighted by Crippen LogP contribution is 2.28. The van der Waals surface area contributed by atoms with Crippen LogP contribution in [0.5, 0.6) is 0 Å². The van der Waals surface area contributed by atoms with Crippen LogP contribution in [0.3, 0.4) is 0 Å². The molecule has 2 aromatic heterocycles. The van der Waals surface area contributed by atoms with E-state index in [-0.39, 0.29) is 5.57 Å². The van der Waals surface area contributed by atoms with Crippen molar-refractivity contribution in [2.24, 2.45) is 0 Å². The molecular weight excluding hydrogens is 354 g/mol. The number of nitrogens with zero attached hydrogens (tertiary/aromatic N) is 2. The molecule has 0 saturated carbocycles. The number of benzene rings is 1. The molecule has 0 atom stereocenters. The number of Topliss-reactive ketones (excluding diaryl/α,β-unsaturated/α-hetero) is 1. The summed E-state index contributed by atoms with van der Waals surface area (Å²) in [6, 6.07) is 12.2. The molecule has 2 heterocycles. The number of carbonyl (C=O) groups is 1. The van der Waals surface area contributed by atoms with Crippen molar-refractivity contribution in [3.05, 3.63) is 70.2 Å². The van der Waals surface area contributed by atoms with E-state index < -0.39 is 5.78 Å². The van der Waals surface area contributed by atoms with Gasteiger partial charge in [0.2, 0.25) is 11.7 Å². The fourth-order valence-corrected chi connectivity index (χ4v) is 2.46. The maximum atomic E-state index is 12.7. The van der Waals surface area contributed by atoms with Gasteiger partial charge in [0, 0.05) is 22.9 Å². The van der Waals surface area contributed by atoms with Crippen LogP contribution in [0.1, 0.15) is 21.8 Å². The fraction of sp³-hybridized carbons (Fsp3) is 0.105. The molecule has 0 aliphatic rings. The van der Waals surface area contributed by atoms with E-state index in [1.54, 1.807) is 50.2 Å².